The molecule has 0 atom stereocenters. The lowest BCUT2D eigenvalue weighted by Gasteiger charge is -2.14. The van der Waals surface area contributed by atoms with Gasteiger partial charge >= 0.3 is 12.1 Å². The molecule has 0 aliphatic carbocycles. The maximum Gasteiger partial charge on any atom is 0.416 e. The summed E-state index contributed by atoms with van der Waals surface area (Å²) in [6, 6.07) is 11.2. The normalized spacial score (nSPS) is 11.7. The minimum atomic E-state index is -4.57. The van der Waals surface area contributed by atoms with Crippen LogP contribution >= 0.6 is 0 Å². The number of hydrogen-bond acceptors (Lipinski definition) is 3. The van der Waals surface area contributed by atoms with Gasteiger partial charge in [-0.3, -0.25) is 9.59 Å². The van der Waals surface area contributed by atoms with Crippen LogP contribution in [0.1, 0.15) is 16.8 Å². The van der Waals surface area contributed by atoms with Crippen molar-refractivity contribution in [2.45, 2.75) is 19.1 Å². The number of carboxylic acid groups (broad SMARTS) is 1. The first-order valence-corrected chi connectivity index (χ1v) is 7.63. The first-order valence-electron chi connectivity index (χ1n) is 7.63. The summed E-state index contributed by atoms with van der Waals surface area (Å²) in [4.78, 5) is 23.7. The van der Waals surface area contributed by atoms with Crippen molar-refractivity contribution in [1.29, 1.82) is 0 Å². The summed E-state index contributed by atoms with van der Waals surface area (Å²) in [6.07, 6.45) is -5.01. The number of alkyl halides is 3. The third-order valence-electron chi connectivity index (χ3n) is 3.91. The second-order valence-corrected chi connectivity index (χ2v) is 5.68. The molecule has 2 aromatic carbocycles. The number of rotatable bonds is 4. The van der Waals surface area contributed by atoms with Gasteiger partial charge in [-0.15, -0.1) is 0 Å². The van der Waals surface area contributed by atoms with Gasteiger partial charge in [0, 0.05) is 5.39 Å². The zero-order valence-electron chi connectivity index (χ0n) is 13.3. The first kappa shape index (κ1) is 17.7. The molecule has 5 nitrogen and oxygen atoms in total. The molecule has 134 valence electrons. The number of aromatic nitrogens is 2. The van der Waals surface area contributed by atoms with Crippen LogP contribution in [0.15, 0.2) is 53.3 Å². The van der Waals surface area contributed by atoms with Crippen LogP contribution in [-0.2, 0) is 23.9 Å². The average Bonchev–Trinajstić information content (AvgIpc) is 2.58. The molecule has 0 aliphatic rings. The molecule has 3 rings (SSSR count). The van der Waals surface area contributed by atoms with Gasteiger partial charge in [0.2, 0.25) is 0 Å². The van der Waals surface area contributed by atoms with Crippen molar-refractivity contribution in [2.24, 2.45) is 0 Å². The van der Waals surface area contributed by atoms with E-state index in [1.54, 1.807) is 18.2 Å². The zero-order chi connectivity index (χ0) is 18.9. The standard InChI is InChI=1S/C18H13F3N2O3/c19-18(20,21)14-8-4-1-5-11(14)10-23-17(26)13-7-3-2-6-12(13)15(22-23)9-16(24)25/h1-8H,9-10H2,(H,24,25). The average molecular weight is 362 g/mol. The molecule has 1 heterocycles. The fourth-order valence-corrected chi connectivity index (χ4v) is 2.78. The van der Waals surface area contributed by atoms with Crippen LogP contribution < -0.4 is 5.56 Å². The van der Waals surface area contributed by atoms with Gasteiger partial charge in [0.15, 0.2) is 0 Å². The van der Waals surface area contributed by atoms with Crippen LogP contribution in [0.5, 0.6) is 0 Å². The van der Waals surface area contributed by atoms with E-state index in [4.69, 9.17) is 5.11 Å². The van der Waals surface area contributed by atoms with Gasteiger partial charge in [0.25, 0.3) is 5.56 Å². The van der Waals surface area contributed by atoms with Gasteiger partial charge in [-0.25, -0.2) is 4.68 Å². The fourth-order valence-electron chi connectivity index (χ4n) is 2.78. The third-order valence-corrected chi connectivity index (χ3v) is 3.91. The molecule has 0 aliphatic heterocycles. The van der Waals surface area contributed by atoms with Crippen molar-refractivity contribution in [3.05, 3.63) is 75.7 Å². The Balaban J connectivity index is 2.17. The van der Waals surface area contributed by atoms with Crippen molar-refractivity contribution in [1.82, 2.24) is 9.78 Å². The Morgan fingerprint density at radius 2 is 1.65 bits per heavy atom. The SMILES string of the molecule is O=C(O)Cc1nn(Cc2ccccc2C(F)(F)F)c(=O)c2ccccc12. The van der Waals surface area contributed by atoms with Crippen molar-refractivity contribution >= 4 is 16.7 Å². The maximum atomic E-state index is 13.2. The summed E-state index contributed by atoms with van der Waals surface area (Å²) >= 11 is 0. The molecule has 0 unspecified atom stereocenters. The molecule has 0 spiro atoms. The topological polar surface area (TPSA) is 72.2 Å². The number of nitrogens with zero attached hydrogens (tertiary/aromatic N) is 2. The molecule has 26 heavy (non-hydrogen) atoms. The van der Waals surface area contributed by atoms with E-state index in [1.807, 2.05) is 0 Å². The van der Waals surface area contributed by atoms with Crippen LogP contribution in [0.25, 0.3) is 10.8 Å². The van der Waals surface area contributed by atoms with Crippen LogP contribution in [0, 0.1) is 0 Å². The molecule has 0 radical (unpaired) electrons. The lowest BCUT2D eigenvalue weighted by molar-refractivity contribution is -0.138. The summed E-state index contributed by atoms with van der Waals surface area (Å²) < 4.78 is 40.4. The first-order chi connectivity index (χ1) is 12.3. The second-order valence-electron chi connectivity index (χ2n) is 5.68. The van der Waals surface area contributed by atoms with Gasteiger partial charge < -0.3 is 5.11 Å². The number of fused-ring (bicyclic) bond motifs is 1. The predicted octanol–water partition coefficient (Wildman–Crippen LogP) is 3.09. The van der Waals surface area contributed by atoms with E-state index in [2.05, 4.69) is 5.10 Å². The van der Waals surface area contributed by atoms with Crippen molar-refractivity contribution in [3.63, 3.8) is 0 Å². The van der Waals surface area contributed by atoms with Crippen molar-refractivity contribution in [2.75, 3.05) is 0 Å². The Hall–Kier alpha value is -3.16. The van der Waals surface area contributed by atoms with E-state index < -0.39 is 36.2 Å². The molecular weight excluding hydrogens is 349 g/mol. The van der Waals surface area contributed by atoms with E-state index in [1.165, 1.54) is 24.3 Å². The smallest absolute Gasteiger partial charge is 0.416 e. The molecule has 1 aromatic heterocycles. The molecule has 1 N–H and O–H groups in total. The number of halogens is 3. The van der Waals surface area contributed by atoms with Crippen molar-refractivity contribution < 1.29 is 23.1 Å². The minimum absolute atomic E-state index is 0.119. The van der Waals surface area contributed by atoms with Gasteiger partial charge in [-0.05, 0) is 17.7 Å². The molecule has 0 bridgehead atoms. The van der Waals surface area contributed by atoms with E-state index in [-0.39, 0.29) is 16.6 Å². The molecule has 0 saturated heterocycles. The van der Waals surface area contributed by atoms with E-state index >= 15 is 0 Å². The highest BCUT2D eigenvalue weighted by molar-refractivity contribution is 5.86. The van der Waals surface area contributed by atoms with Crippen LogP contribution in [0.4, 0.5) is 13.2 Å². The molecular formula is C18H13F3N2O3. The van der Waals surface area contributed by atoms with Crippen LogP contribution in [0.2, 0.25) is 0 Å². The molecule has 0 amide bonds. The maximum absolute atomic E-state index is 13.2. The molecule has 0 saturated carbocycles. The van der Waals surface area contributed by atoms with E-state index in [9.17, 15) is 22.8 Å². The Morgan fingerprint density at radius 3 is 2.31 bits per heavy atom. The fraction of sp³-hybridized carbons (Fsp3) is 0.167. The van der Waals surface area contributed by atoms with Gasteiger partial charge in [-0.2, -0.15) is 18.3 Å². The highest BCUT2D eigenvalue weighted by Gasteiger charge is 2.33. The van der Waals surface area contributed by atoms with Crippen molar-refractivity contribution in [3.8, 4) is 0 Å². The van der Waals surface area contributed by atoms with E-state index in [0.29, 0.717) is 5.39 Å². The minimum Gasteiger partial charge on any atom is -0.481 e. The van der Waals surface area contributed by atoms with Crippen LogP contribution in [0.3, 0.4) is 0 Å². The monoisotopic (exact) mass is 362 g/mol. The Kier molecular flexibility index (Phi) is 4.50. The summed E-state index contributed by atoms with van der Waals surface area (Å²) in [5.74, 6) is -1.15. The highest BCUT2D eigenvalue weighted by atomic mass is 19.4. The molecule has 8 heteroatoms. The number of carbonyl (C=O) groups is 1. The molecule has 3 aromatic rings. The zero-order valence-corrected chi connectivity index (χ0v) is 13.3. The van der Waals surface area contributed by atoms with Gasteiger partial charge in [0.1, 0.15) is 0 Å². The number of carboxylic acids is 1. The summed E-state index contributed by atoms with van der Waals surface area (Å²) in [7, 11) is 0. The third kappa shape index (κ3) is 3.44. The van der Waals surface area contributed by atoms with Gasteiger partial charge in [-0.1, -0.05) is 36.4 Å². The summed E-state index contributed by atoms with van der Waals surface area (Å²) in [6.45, 7) is -0.411. The largest absolute Gasteiger partial charge is 0.481 e. The number of aliphatic carboxylic acids is 1. The number of hydrogen-bond donors (Lipinski definition) is 1. The second kappa shape index (κ2) is 6.62. The van der Waals surface area contributed by atoms with E-state index in [0.717, 1.165) is 10.7 Å². The lowest BCUT2D eigenvalue weighted by Crippen LogP contribution is -2.27. The Labute approximate surface area is 145 Å². The molecule has 0 fully saturated rings. The lowest BCUT2D eigenvalue weighted by atomic mass is 10.1. The summed E-state index contributed by atoms with van der Waals surface area (Å²) in [5, 5.41) is 13.7. The number of benzene rings is 2. The van der Waals surface area contributed by atoms with Crippen LogP contribution in [-0.4, -0.2) is 20.9 Å². The summed E-state index contributed by atoms with van der Waals surface area (Å²) in [5.41, 5.74) is -1.43. The Morgan fingerprint density at radius 1 is 1.04 bits per heavy atom. The van der Waals surface area contributed by atoms with Gasteiger partial charge in [0.05, 0.1) is 29.6 Å². The quantitative estimate of drug-likeness (QED) is 0.774. The predicted molar refractivity (Wildman–Crippen MR) is 87.9 cm³/mol. The Bertz CT molecular complexity index is 1040. The highest BCUT2D eigenvalue weighted by Crippen LogP contribution is 2.32.